The third kappa shape index (κ3) is 12.5. The maximum Gasteiger partial charge on any atom is 0.221 e. The van der Waals surface area contributed by atoms with Crippen molar-refractivity contribution in [2.75, 3.05) is 26.3 Å². The summed E-state index contributed by atoms with van der Waals surface area (Å²) in [6.07, 6.45) is 16.2. The van der Waals surface area contributed by atoms with Gasteiger partial charge in [0.25, 0.3) is 0 Å². The van der Waals surface area contributed by atoms with Crippen molar-refractivity contribution in [2.45, 2.75) is 103 Å². The Hall–Kier alpha value is -0.910. The molecule has 164 valence electrons. The van der Waals surface area contributed by atoms with Gasteiger partial charge < -0.3 is 15.2 Å². The van der Waals surface area contributed by atoms with E-state index in [4.69, 9.17) is 4.74 Å². The highest BCUT2D eigenvalue weighted by Crippen LogP contribution is 2.12. The zero-order chi connectivity index (χ0) is 20.5. The van der Waals surface area contributed by atoms with Gasteiger partial charge in [0.1, 0.15) is 0 Å². The number of morpholine rings is 1. The summed E-state index contributed by atoms with van der Waals surface area (Å²) in [6.45, 7) is 7.37. The second-order valence-corrected chi connectivity index (χ2v) is 7.98. The molecule has 28 heavy (non-hydrogen) atoms. The maximum absolute atomic E-state index is 12.4. The summed E-state index contributed by atoms with van der Waals surface area (Å²) in [5.41, 5.74) is 0. The van der Waals surface area contributed by atoms with E-state index in [1.807, 2.05) is 6.08 Å². The maximum atomic E-state index is 12.4. The van der Waals surface area contributed by atoms with E-state index in [0.717, 1.165) is 45.2 Å². The van der Waals surface area contributed by atoms with E-state index >= 15 is 0 Å². The van der Waals surface area contributed by atoms with Gasteiger partial charge in [-0.3, -0.25) is 9.69 Å². The minimum atomic E-state index is -0.524. The Kier molecular flexibility index (Phi) is 15.2. The van der Waals surface area contributed by atoms with Crippen molar-refractivity contribution in [3.05, 3.63) is 12.2 Å². The molecule has 0 aromatic heterocycles. The molecule has 1 heterocycles. The molecule has 2 N–H and O–H groups in total. The number of allylic oxidation sites excluding steroid dienone is 1. The van der Waals surface area contributed by atoms with Crippen LogP contribution in [0.25, 0.3) is 0 Å². The normalized spacial score (nSPS) is 17.7. The fourth-order valence-corrected chi connectivity index (χ4v) is 3.57. The van der Waals surface area contributed by atoms with Crippen molar-refractivity contribution in [3.63, 3.8) is 0 Å². The number of carbonyl (C=O) groups is 1. The van der Waals surface area contributed by atoms with Crippen LogP contribution in [-0.4, -0.2) is 54.5 Å². The van der Waals surface area contributed by atoms with Crippen LogP contribution in [0.2, 0.25) is 0 Å². The van der Waals surface area contributed by atoms with Gasteiger partial charge in [-0.25, -0.2) is 0 Å². The van der Waals surface area contributed by atoms with Gasteiger partial charge in [0.05, 0.1) is 25.5 Å². The van der Waals surface area contributed by atoms with Gasteiger partial charge in [0.2, 0.25) is 5.91 Å². The Morgan fingerprint density at radius 3 is 2.36 bits per heavy atom. The van der Waals surface area contributed by atoms with Crippen molar-refractivity contribution in [2.24, 2.45) is 0 Å². The lowest BCUT2D eigenvalue weighted by Crippen LogP contribution is -2.53. The lowest BCUT2D eigenvalue weighted by atomic mass is 10.1. The first-order valence-electron chi connectivity index (χ1n) is 11.6. The Morgan fingerprint density at radius 1 is 1.04 bits per heavy atom. The largest absolute Gasteiger partial charge is 0.389 e. The van der Waals surface area contributed by atoms with Gasteiger partial charge in [-0.2, -0.15) is 0 Å². The summed E-state index contributed by atoms with van der Waals surface area (Å²) in [5.74, 6) is 0.104. The molecule has 1 saturated heterocycles. The monoisotopic (exact) mass is 396 g/mol. The Labute approximate surface area is 172 Å². The van der Waals surface area contributed by atoms with Crippen LogP contribution in [0.15, 0.2) is 12.2 Å². The molecule has 2 atom stereocenters. The molecule has 5 heteroatoms. The highest BCUT2D eigenvalue weighted by Gasteiger charge is 2.24. The van der Waals surface area contributed by atoms with E-state index in [2.05, 4.69) is 30.1 Å². The van der Waals surface area contributed by atoms with E-state index in [0.29, 0.717) is 26.1 Å². The second-order valence-electron chi connectivity index (χ2n) is 7.98. The Morgan fingerprint density at radius 2 is 1.68 bits per heavy atom. The number of ether oxygens (including phenoxy) is 1. The molecule has 0 aliphatic carbocycles. The topological polar surface area (TPSA) is 61.8 Å². The smallest absolute Gasteiger partial charge is 0.221 e. The van der Waals surface area contributed by atoms with Crippen LogP contribution in [0, 0.1) is 0 Å². The SMILES string of the molecule is CCCC/C=C/[C@H](O)C[C@H](NC(=O)CCCCCCCCC)N1CCOCC1. The van der Waals surface area contributed by atoms with E-state index in [1.54, 1.807) is 0 Å². The molecule has 5 nitrogen and oxygen atoms in total. The van der Waals surface area contributed by atoms with Crippen LogP contribution in [-0.2, 0) is 9.53 Å². The van der Waals surface area contributed by atoms with Crippen LogP contribution in [0.4, 0.5) is 0 Å². The molecule has 1 rings (SSSR count). The molecule has 0 spiro atoms. The number of amides is 1. The standard InChI is InChI=1S/C23H44N2O3/c1-3-5-7-9-10-11-13-15-23(27)24-22(25-16-18-28-19-17-25)20-21(26)14-12-8-6-4-2/h12,14,21-22,26H,3-11,13,15-20H2,1-2H3,(H,24,27)/b14-12+/t21-,22+/m0/s1. The minimum Gasteiger partial charge on any atom is -0.389 e. The van der Waals surface area contributed by atoms with Crippen LogP contribution in [0.5, 0.6) is 0 Å². The average molecular weight is 397 g/mol. The highest BCUT2D eigenvalue weighted by molar-refractivity contribution is 5.76. The first-order valence-corrected chi connectivity index (χ1v) is 11.6. The molecule has 1 fully saturated rings. The first kappa shape index (κ1) is 25.1. The summed E-state index contributed by atoms with van der Waals surface area (Å²) in [4.78, 5) is 14.7. The fraction of sp³-hybridized carbons (Fsp3) is 0.870. The van der Waals surface area contributed by atoms with E-state index in [1.165, 1.54) is 32.1 Å². The minimum absolute atomic E-state index is 0.104. The molecule has 0 bridgehead atoms. The highest BCUT2D eigenvalue weighted by atomic mass is 16.5. The molecule has 1 aliphatic heterocycles. The van der Waals surface area contributed by atoms with Crippen molar-refractivity contribution in [1.82, 2.24) is 10.2 Å². The summed E-state index contributed by atoms with van der Waals surface area (Å²) in [7, 11) is 0. The van der Waals surface area contributed by atoms with Gasteiger partial charge in [0, 0.05) is 25.9 Å². The third-order valence-corrected chi connectivity index (χ3v) is 5.37. The number of hydrogen-bond acceptors (Lipinski definition) is 4. The predicted molar refractivity (Wildman–Crippen MR) is 116 cm³/mol. The molecule has 1 aliphatic rings. The molecular formula is C23H44N2O3. The molecule has 0 saturated carbocycles. The molecule has 0 aromatic rings. The number of hydrogen-bond donors (Lipinski definition) is 2. The van der Waals surface area contributed by atoms with E-state index in [9.17, 15) is 9.90 Å². The lowest BCUT2D eigenvalue weighted by Gasteiger charge is -2.35. The molecule has 1 amide bonds. The summed E-state index contributed by atoms with van der Waals surface area (Å²) < 4.78 is 5.44. The number of unbranched alkanes of at least 4 members (excludes halogenated alkanes) is 8. The molecular weight excluding hydrogens is 352 g/mol. The molecule has 0 aromatic carbocycles. The van der Waals surface area contributed by atoms with Crippen molar-refractivity contribution in [3.8, 4) is 0 Å². The van der Waals surface area contributed by atoms with E-state index < -0.39 is 6.10 Å². The number of carbonyl (C=O) groups excluding carboxylic acids is 1. The van der Waals surface area contributed by atoms with E-state index in [-0.39, 0.29) is 12.1 Å². The fourth-order valence-electron chi connectivity index (χ4n) is 3.57. The first-order chi connectivity index (χ1) is 13.7. The summed E-state index contributed by atoms with van der Waals surface area (Å²) >= 11 is 0. The Bertz CT molecular complexity index is 409. The van der Waals surface area contributed by atoms with Crippen molar-refractivity contribution in [1.29, 1.82) is 0 Å². The van der Waals surface area contributed by atoms with Gasteiger partial charge in [0.15, 0.2) is 0 Å². The number of rotatable bonds is 16. The summed E-state index contributed by atoms with van der Waals surface area (Å²) in [5, 5.41) is 13.6. The Balaban J connectivity index is 2.37. The van der Waals surface area contributed by atoms with Crippen molar-refractivity contribution < 1.29 is 14.6 Å². The van der Waals surface area contributed by atoms with Crippen LogP contribution >= 0.6 is 0 Å². The van der Waals surface area contributed by atoms with Gasteiger partial charge in [-0.15, -0.1) is 0 Å². The zero-order valence-electron chi connectivity index (χ0n) is 18.3. The zero-order valence-corrected chi connectivity index (χ0v) is 18.3. The van der Waals surface area contributed by atoms with Gasteiger partial charge in [-0.05, 0) is 12.8 Å². The molecule has 0 radical (unpaired) electrons. The number of nitrogens with one attached hydrogen (secondary N) is 1. The summed E-state index contributed by atoms with van der Waals surface area (Å²) in [6, 6.07) is 0. The average Bonchev–Trinajstić information content (AvgIpc) is 2.71. The third-order valence-electron chi connectivity index (χ3n) is 5.37. The number of nitrogens with zero attached hydrogens (tertiary/aromatic N) is 1. The second kappa shape index (κ2) is 17.0. The number of aliphatic hydroxyl groups excluding tert-OH is 1. The lowest BCUT2D eigenvalue weighted by molar-refractivity contribution is -0.124. The molecule has 0 unspecified atom stereocenters. The van der Waals surface area contributed by atoms with Crippen LogP contribution in [0.1, 0.15) is 90.9 Å². The van der Waals surface area contributed by atoms with Crippen LogP contribution < -0.4 is 5.32 Å². The predicted octanol–water partition coefficient (Wildman–Crippen LogP) is 4.40. The van der Waals surface area contributed by atoms with Gasteiger partial charge in [-0.1, -0.05) is 77.4 Å². The van der Waals surface area contributed by atoms with Crippen LogP contribution in [0.3, 0.4) is 0 Å². The van der Waals surface area contributed by atoms with Gasteiger partial charge >= 0.3 is 0 Å². The van der Waals surface area contributed by atoms with Crippen molar-refractivity contribution >= 4 is 5.91 Å². The quantitative estimate of drug-likeness (QED) is 0.300. The number of aliphatic hydroxyl groups is 1.